The van der Waals surface area contributed by atoms with Gasteiger partial charge in [-0.1, -0.05) is 17.7 Å². The van der Waals surface area contributed by atoms with Gasteiger partial charge >= 0.3 is 6.03 Å². The first kappa shape index (κ1) is 25.6. The summed E-state index contributed by atoms with van der Waals surface area (Å²) < 4.78 is 11.1. The summed E-state index contributed by atoms with van der Waals surface area (Å²) in [5, 5.41) is 16.3. The minimum atomic E-state index is -0.510. The summed E-state index contributed by atoms with van der Waals surface area (Å²) in [6.45, 7) is 0.844. The second kappa shape index (κ2) is 9.94. The largest absolute Gasteiger partial charge is 0.454 e. The van der Waals surface area contributed by atoms with Crippen LogP contribution in [0.1, 0.15) is 35.4 Å². The van der Waals surface area contributed by atoms with E-state index in [2.05, 4.69) is 15.6 Å². The summed E-state index contributed by atoms with van der Waals surface area (Å²) in [6.07, 6.45) is 6.73. The third-order valence-electron chi connectivity index (χ3n) is 7.56. The zero-order valence-corrected chi connectivity index (χ0v) is 23.2. The molecule has 2 N–H and O–H groups in total. The fraction of sp³-hybridized carbons (Fsp3) is 0.321. The van der Waals surface area contributed by atoms with E-state index in [9.17, 15) is 19.6 Å². The number of likely N-dealkylation sites (tertiary alicyclic amines) is 1. The molecule has 208 valence electrons. The van der Waals surface area contributed by atoms with Crippen molar-refractivity contribution >= 4 is 68.1 Å². The molecule has 13 heteroatoms. The lowest BCUT2D eigenvalue weighted by Gasteiger charge is -2.33. The minimum Gasteiger partial charge on any atom is -0.454 e. The zero-order chi connectivity index (χ0) is 28.2. The Morgan fingerprint density at radius 2 is 2.10 bits per heavy atom. The van der Waals surface area contributed by atoms with Crippen LogP contribution in [-0.4, -0.2) is 53.7 Å². The molecule has 0 spiro atoms. The van der Waals surface area contributed by atoms with Crippen LogP contribution in [-0.2, 0) is 4.79 Å². The molecule has 41 heavy (non-hydrogen) atoms. The Bertz CT molecular complexity index is 1710. The Morgan fingerprint density at radius 1 is 1.24 bits per heavy atom. The standard InChI is InChI=1S/C28H23ClN6O5S/c29-17-5-6-19-23(40-13-39-19)22(17)35-18-7-8-31-26-20(18)21(33-28(35)38)24(41-26)25(36)32-16-2-1-9-34(12-16)27(37)15(11-30)10-14-3-4-14/h5-8,10,14,16H,1-4,9,12-13H2,(H,32,36)(H,33,38)/b15-10+/t16-/m1/s1. The second-order valence-corrected chi connectivity index (χ2v) is 11.7. The first-order chi connectivity index (χ1) is 19.9. The number of pyridine rings is 1. The number of piperidine rings is 1. The van der Waals surface area contributed by atoms with E-state index in [4.69, 9.17) is 21.1 Å². The Kier molecular flexibility index (Phi) is 6.21. The van der Waals surface area contributed by atoms with Crippen LogP contribution in [0.2, 0.25) is 5.02 Å². The van der Waals surface area contributed by atoms with Crippen LogP contribution >= 0.6 is 22.9 Å². The number of hydrogen-bond acceptors (Lipinski definition) is 8. The molecule has 1 saturated heterocycles. The summed E-state index contributed by atoms with van der Waals surface area (Å²) in [5.41, 5.74) is 1.39. The average molecular weight is 591 g/mol. The summed E-state index contributed by atoms with van der Waals surface area (Å²) in [7, 11) is 0. The van der Waals surface area contributed by atoms with Gasteiger partial charge in [0.15, 0.2) is 11.5 Å². The molecule has 2 aromatic heterocycles. The molecular weight excluding hydrogens is 568 g/mol. The fourth-order valence-electron chi connectivity index (χ4n) is 5.46. The second-order valence-electron chi connectivity index (χ2n) is 10.3. The number of nitrogens with one attached hydrogen (secondary N) is 2. The van der Waals surface area contributed by atoms with Gasteiger partial charge in [-0.3, -0.25) is 14.5 Å². The van der Waals surface area contributed by atoms with Crippen LogP contribution in [0.15, 0.2) is 36.0 Å². The maximum Gasteiger partial charge on any atom is 0.331 e. The van der Waals surface area contributed by atoms with E-state index in [1.54, 1.807) is 35.4 Å². The molecule has 0 radical (unpaired) electrons. The molecule has 1 aliphatic carbocycles. The van der Waals surface area contributed by atoms with Gasteiger partial charge in [-0.15, -0.1) is 11.3 Å². The van der Waals surface area contributed by atoms with Gasteiger partial charge in [-0.05, 0) is 49.8 Å². The first-order valence-corrected chi connectivity index (χ1v) is 14.4. The van der Waals surface area contributed by atoms with Crippen molar-refractivity contribution in [3.8, 4) is 17.6 Å². The highest BCUT2D eigenvalue weighted by Gasteiger charge is 2.37. The number of urea groups is 1. The van der Waals surface area contributed by atoms with Gasteiger partial charge in [0.1, 0.15) is 27.0 Å². The van der Waals surface area contributed by atoms with Crippen molar-refractivity contribution in [2.75, 3.05) is 30.1 Å². The normalized spacial score (nSPS) is 19.7. The molecule has 5 heterocycles. The SMILES string of the molecule is N#C/C(=C\C1CC1)C(=O)N1CCC[C@@H](NC(=O)c2sc3nccc4c3c2NC(=O)N4c2c(Cl)ccc3c2OCO3)C1. The smallest absolute Gasteiger partial charge is 0.331 e. The van der Waals surface area contributed by atoms with Crippen LogP contribution in [0.25, 0.3) is 10.2 Å². The number of rotatable bonds is 5. The number of carbonyl (C=O) groups excluding carboxylic acids is 3. The molecule has 0 unspecified atom stereocenters. The Morgan fingerprint density at radius 3 is 2.90 bits per heavy atom. The van der Waals surface area contributed by atoms with Crippen LogP contribution in [0.4, 0.5) is 21.9 Å². The maximum atomic E-state index is 13.6. The molecule has 3 aliphatic heterocycles. The molecule has 4 aliphatic rings. The number of allylic oxidation sites excluding steroid dienone is 1. The van der Waals surface area contributed by atoms with Gasteiger partial charge in [-0.25, -0.2) is 9.78 Å². The topological polar surface area (TPSA) is 137 Å². The van der Waals surface area contributed by atoms with E-state index in [0.29, 0.717) is 80.5 Å². The maximum absolute atomic E-state index is 13.6. The predicted octanol–water partition coefficient (Wildman–Crippen LogP) is 4.94. The summed E-state index contributed by atoms with van der Waals surface area (Å²) in [6, 6.07) is 6.24. The van der Waals surface area contributed by atoms with Gasteiger partial charge in [0.05, 0.1) is 21.8 Å². The number of carbonyl (C=O) groups is 3. The van der Waals surface area contributed by atoms with Crippen molar-refractivity contribution in [1.82, 2.24) is 15.2 Å². The minimum absolute atomic E-state index is 0.0106. The number of nitriles is 1. The highest BCUT2D eigenvalue weighted by molar-refractivity contribution is 7.21. The molecular formula is C28H23ClN6O5S. The van der Waals surface area contributed by atoms with E-state index in [1.807, 2.05) is 6.07 Å². The molecule has 4 amide bonds. The number of anilines is 3. The Hall–Kier alpha value is -4.34. The molecule has 11 nitrogen and oxygen atoms in total. The number of hydrogen-bond donors (Lipinski definition) is 2. The van der Waals surface area contributed by atoms with Gasteiger partial charge in [-0.2, -0.15) is 5.26 Å². The van der Waals surface area contributed by atoms with E-state index in [0.717, 1.165) is 12.8 Å². The van der Waals surface area contributed by atoms with E-state index < -0.39 is 6.03 Å². The number of benzene rings is 1. The van der Waals surface area contributed by atoms with Crippen molar-refractivity contribution in [3.63, 3.8) is 0 Å². The molecule has 1 saturated carbocycles. The number of nitrogens with zero attached hydrogens (tertiary/aromatic N) is 4. The number of thiophene rings is 1. The molecule has 0 bridgehead atoms. The number of fused-ring (bicyclic) bond motifs is 1. The first-order valence-electron chi connectivity index (χ1n) is 13.3. The lowest BCUT2D eigenvalue weighted by Crippen LogP contribution is -2.50. The lowest BCUT2D eigenvalue weighted by molar-refractivity contribution is -0.128. The molecule has 7 rings (SSSR count). The highest BCUT2D eigenvalue weighted by Crippen LogP contribution is 2.52. The molecule has 3 aromatic rings. The Labute approximate surface area is 243 Å². The van der Waals surface area contributed by atoms with Crippen LogP contribution in [0, 0.1) is 17.2 Å². The lowest BCUT2D eigenvalue weighted by atomic mass is 10.0. The van der Waals surface area contributed by atoms with Crippen LogP contribution in [0.3, 0.4) is 0 Å². The quantitative estimate of drug-likeness (QED) is 0.317. The summed E-state index contributed by atoms with van der Waals surface area (Å²) in [4.78, 5) is 48.5. The van der Waals surface area contributed by atoms with Gasteiger partial charge in [0.2, 0.25) is 6.79 Å². The van der Waals surface area contributed by atoms with Crippen molar-refractivity contribution in [2.45, 2.75) is 31.7 Å². The monoisotopic (exact) mass is 590 g/mol. The van der Waals surface area contributed by atoms with Crippen LogP contribution in [0.5, 0.6) is 11.5 Å². The van der Waals surface area contributed by atoms with Gasteiger partial charge in [0, 0.05) is 25.3 Å². The average Bonchev–Trinajstić information content (AvgIpc) is 3.53. The molecule has 1 atom stereocenters. The third kappa shape index (κ3) is 4.42. The Balaban J connectivity index is 1.17. The third-order valence-corrected chi connectivity index (χ3v) is 8.96. The van der Waals surface area contributed by atoms with Crippen LogP contribution < -0.4 is 25.0 Å². The van der Waals surface area contributed by atoms with E-state index in [1.165, 1.54) is 16.2 Å². The number of aromatic nitrogens is 1. The summed E-state index contributed by atoms with van der Waals surface area (Å²) >= 11 is 7.71. The molecule has 2 fully saturated rings. The number of ether oxygens (including phenoxy) is 2. The van der Waals surface area contributed by atoms with E-state index in [-0.39, 0.29) is 30.2 Å². The summed E-state index contributed by atoms with van der Waals surface area (Å²) in [5.74, 6) is 0.479. The zero-order valence-electron chi connectivity index (χ0n) is 21.6. The van der Waals surface area contributed by atoms with Crippen molar-refractivity contribution in [2.24, 2.45) is 5.92 Å². The fourth-order valence-corrected chi connectivity index (χ4v) is 6.72. The van der Waals surface area contributed by atoms with Gasteiger partial charge < -0.3 is 25.0 Å². The number of halogens is 1. The van der Waals surface area contributed by atoms with Crippen molar-refractivity contribution in [3.05, 3.63) is 45.9 Å². The number of amides is 4. The van der Waals surface area contributed by atoms with Crippen molar-refractivity contribution in [1.29, 1.82) is 5.26 Å². The highest BCUT2D eigenvalue weighted by atomic mass is 35.5. The van der Waals surface area contributed by atoms with Crippen molar-refractivity contribution < 1.29 is 23.9 Å². The van der Waals surface area contributed by atoms with Gasteiger partial charge in [0.25, 0.3) is 11.8 Å². The predicted molar refractivity (Wildman–Crippen MR) is 152 cm³/mol. The van der Waals surface area contributed by atoms with E-state index >= 15 is 0 Å². The molecule has 1 aromatic carbocycles.